The van der Waals surface area contributed by atoms with Gasteiger partial charge in [-0.15, -0.1) is 11.3 Å². The van der Waals surface area contributed by atoms with Crippen LogP contribution >= 0.6 is 11.3 Å². The minimum absolute atomic E-state index is 0.0615. The van der Waals surface area contributed by atoms with Gasteiger partial charge in [-0.25, -0.2) is 17.5 Å². The van der Waals surface area contributed by atoms with E-state index in [4.69, 9.17) is 4.74 Å². The van der Waals surface area contributed by atoms with Crippen LogP contribution in [-0.4, -0.2) is 45.3 Å². The number of hydrogen-bond donors (Lipinski definition) is 1. The minimum Gasteiger partial charge on any atom is -0.451 e. The Kier molecular flexibility index (Phi) is 7.95. The number of ether oxygens (including phenoxy) is 1. The Morgan fingerprint density at radius 1 is 1.17 bits per heavy atom. The monoisotopic (exact) mass is 438 g/mol. The molecule has 1 N–H and O–H groups in total. The molecule has 0 radical (unpaired) electrons. The molecule has 0 aliphatic heterocycles. The van der Waals surface area contributed by atoms with Crippen LogP contribution in [0.1, 0.15) is 40.4 Å². The molecule has 1 heterocycles. The molecular formula is C20H26N2O5S2. The van der Waals surface area contributed by atoms with E-state index in [1.54, 1.807) is 6.07 Å². The summed E-state index contributed by atoms with van der Waals surface area (Å²) in [7, 11) is -0.746. The van der Waals surface area contributed by atoms with E-state index in [1.165, 1.54) is 48.5 Å². The standard InChI is InChI=1S/C20H26N2O5S2/c1-5-8-17-14(6-2)11-18(28-17)20(24)27-13-19(23)21-15-9-7-10-16(12-15)29(25,26)22(3)4/h7,9-12H,5-6,8,13H2,1-4H3,(H,21,23). The molecule has 0 atom stereocenters. The molecule has 29 heavy (non-hydrogen) atoms. The van der Waals surface area contributed by atoms with Crippen LogP contribution in [0, 0.1) is 0 Å². The van der Waals surface area contributed by atoms with E-state index in [0.29, 0.717) is 10.6 Å². The van der Waals surface area contributed by atoms with Crippen molar-refractivity contribution in [3.63, 3.8) is 0 Å². The zero-order valence-corrected chi connectivity index (χ0v) is 18.7. The lowest BCUT2D eigenvalue weighted by molar-refractivity contribution is -0.119. The number of esters is 1. The molecule has 0 saturated carbocycles. The Morgan fingerprint density at radius 2 is 1.90 bits per heavy atom. The first-order chi connectivity index (χ1) is 13.7. The number of amides is 1. The third-order valence-corrected chi connectivity index (χ3v) is 7.21. The maximum atomic E-state index is 12.3. The molecule has 0 unspecified atom stereocenters. The van der Waals surface area contributed by atoms with E-state index >= 15 is 0 Å². The summed E-state index contributed by atoms with van der Waals surface area (Å²) in [4.78, 5) is 26.1. The van der Waals surface area contributed by atoms with Crippen LogP contribution in [-0.2, 0) is 32.4 Å². The maximum absolute atomic E-state index is 12.3. The summed E-state index contributed by atoms with van der Waals surface area (Å²) in [5, 5.41) is 2.55. The smallest absolute Gasteiger partial charge is 0.348 e. The third kappa shape index (κ3) is 5.88. The summed E-state index contributed by atoms with van der Waals surface area (Å²) in [6.07, 6.45) is 2.74. The van der Waals surface area contributed by atoms with Gasteiger partial charge in [0.2, 0.25) is 10.0 Å². The van der Waals surface area contributed by atoms with Crippen molar-refractivity contribution in [2.75, 3.05) is 26.0 Å². The second-order valence-corrected chi connectivity index (χ2v) is 9.89. The van der Waals surface area contributed by atoms with Crippen LogP contribution in [0.15, 0.2) is 35.2 Å². The SMILES string of the molecule is CCCc1sc(C(=O)OCC(=O)Nc2cccc(S(=O)(=O)N(C)C)c2)cc1CC. The van der Waals surface area contributed by atoms with Crippen molar-refractivity contribution in [3.8, 4) is 0 Å². The van der Waals surface area contributed by atoms with Crippen LogP contribution < -0.4 is 5.32 Å². The molecule has 0 saturated heterocycles. The zero-order chi connectivity index (χ0) is 21.6. The molecule has 0 bridgehead atoms. The molecule has 1 aromatic carbocycles. The molecule has 0 fully saturated rings. The normalized spacial score (nSPS) is 11.5. The van der Waals surface area contributed by atoms with Gasteiger partial charge in [-0.1, -0.05) is 26.3 Å². The summed E-state index contributed by atoms with van der Waals surface area (Å²) in [5.41, 5.74) is 1.44. The summed E-state index contributed by atoms with van der Waals surface area (Å²) < 4.78 is 30.6. The average Bonchev–Trinajstić information content (AvgIpc) is 3.09. The highest BCUT2D eigenvalue weighted by atomic mass is 32.2. The van der Waals surface area contributed by atoms with Gasteiger partial charge in [0.1, 0.15) is 4.88 Å². The summed E-state index contributed by atoms with van der Waals surface area (Å²) in [6, 6.07) is 7.73. The number of hydrogen-bond acceptors (Lipinski definition) is 6. The topological polar surface area (TPSA) is 92.8 Å². The van der Waals surface area contributed by atoms with Gasteiger partial charge in [0.25, 0.3) is 5.91 Å². The minimum atomic E-state index is -3.61. The number of sulfonamides is 1. The molecule has 2 aromatic rings. The van der Waals surface area contributed by atoms with Crippen LogP contribution in [0.5, 0.6) is 0 Å². The van der Waals surface area contributed by atoms with Crippen LogP contribution in [0.2, 0.25) is 0 Å². The van der Waals surface area contributed by atoms with Crippen LogP contribution in [0.4, 0.5) is 5.69 Å². The third-order valence-electron chi connectivity index (χ3n) is 4.19. The van der Waals surface area contributed by atoms with Gasteiger partial charge in [0.05, 0.1) is 4.90 Å². The van der Waals surface area contributed by atoms with E-state index in [0.717, 1.165) is 29.1 Å². The van der Waals surface area contributed by atoms with Crippen molar-refractivity contribution in [3.05, 3.63) is 45.6 Å². The molecule has 1 aromatic heterocycles. The predicted molar refractivity (Wildman–Crippen MR) is 114 cm³/mol. The number of nitrogens with one attached hydrogen (secondary N) is 1. The van der Waals surface area contributed by atoms with E-state index < -0.39 is 28.5 Å². The Labute approximate surface area is 175 Å². The fourth-order valence-electron chi connectivity index (χ4n) is 2.65. The average molecular weight is 439 g/mol. The second-order valence-electron chi connectivity index (χ2n) is 6.60. The zero-order valence-electron chi connectivity index (χ0n) is 17.0. The Morgan fingerprint density at radius 3 is 2.52 bits per heavy atom. The second kappa shape index (κ2) is 10.00. The van der Waals surface area contributed by atoms with Gasteiger partial charge in [-0.3, -0.25) is 4.79 Å². The highest BCUT2D eigenvalue weighted by Gasteiger charge is 2.19. The first kappa shape index (κ1) is 23.1. The van der Waals surface area contributed by atoms with Crippen molar-refractivity contribution in [1.29, 1.82) is 0 Å². The summed E-state index contributed by atoms with van der Waals surface area (Å²) >= 11 is 1.40. The van der Waals surface area contributed by atoms with Crippen molar-refractivity contribution in [2.24, 2.45) is 0 Å². The van der Waals surface area contributed by atoms with Crippen molar-refractivity contribution < 1.29 is 22.7 Å². The van der Waals surface area contributed by atoms with Crippen LogP contribution in [0.3, 0.4) is 0 Å². The predicted octanol–water partition coefficient (Wildman–Crippen LogP) is 3.31. The number of carbonyl (C=O) groups excluding carboxylic acids is 2. The van der Waals surface area contributed by atoms with Gasteiger partial charge in [0, 0.05) is 24.7 Å². The lowest BCUT2D eigenvalue weighted by Crippen LogP contribution is -2.23. The maximum Gasteiger partial charge on any atom is 0.348 e. The fraction of sp³-hybridized carbons (Fsp3) is 0.400. The number of carbonyl (C=O) groups is 2. The lowest BCUT2D eigenvalue weighted by atomic mass is 10.1. The Bertz CT molecular complexity index is 981. The highest BCUT2D eigenvalue weighted by molar-refractivity contribution is 7.89. The molecular weight excluding hydrogens is 412 g/mol. The Balaban J connectivity index is 1.99. The van der Waals surface area contributed by atoms with Crippen molar-refractivity contribution >= 4 is 38.9 Å². The summed E-state index contributed by atoms with van der Waals surface area (Å²) in [5.74, 6) is -1.08. The molecule has 158 valence electrons. The largest absolute Gasteiger partial charge is 0.451 e. The lowest BCUT2D eigenvalue weighted by Gasteiger charge is -2.12. The number of nitrogens with zero attached hydrogens (tertiary/aromatic N) is 1. The highest BCUT2D eigenvalue weighted by Crippen LogP contribution is 2.25. The fourth-order valence-corrected chi connectivity index (χ4v) is 4.85. The molecule has 2 rings (SSSR count). The van der Waals surface area contributed by atoms with Gasteiger partial charge < -0.3 is 10.1 Å². The number of benzene rings is 1. The van der Waals surface area contributed by atoms with Gasteiger partial charge in [-0.2, -0.15) is 0 Å². The van der Waals surface area contributed by atoms with Crippen molar-refractivity contribution in [1.82, 2.24) is 4.31 Å². The van der Waals surface area contributed by atoms with Crippen LogP contribution in [0.25, 0.3) is 0 Å². The molecule has 0 aliphatic carbocycles. The van der Waals surface area contributed by atoms with Gasteiger partial charge in [-0.05, 0) is 42.7 Å². The van der Waals surface area contributed by atoms with Crippen molar-refractivity contribution in [2.45, 2.75) is 38.0 Å². The van der Waals surface area contributed by atoms with E-state index in [1.807, 2.05) is 13.0 Å². The molecule has 1 amide bonds. The molecule has 0 spiro atoms. The van der Waals surface area contributed by atoms with Gasteiger partial charge in [0.15, 0.2) is 6.61 Å². The first-order valence-corrected chi connectivity index (χ1v) is 11.6. The van der Waals surface area contributed by atoms with E-state index in [9.17, 15) is 18.0 Å². The Hall–Kier alpha value is -2.23. The summed E-state index contributed by atoms with van der Waals surface area (Å²) in [6.45, 7) is 3.67. The van der Waals surface area contributed by atoms with E-state index in [-0.39, 0.29) is 4.90 Å². The number of anilines is 1. The number of aryl methyl sites for hydroxylation is 2. The van der Waals surface area contributed by atoms with Gasteiger partial charge >= 0.3 is 5.97 Å². The quantitative estimate of drug-likeness (QED) is 0.607. The first-order valence-electron chi connectivity index (χ1n) is 9.30. The van der Waals surface area contributed by atoms with E-state index in [2.05, 4.69) is 12.2 Å². The molecule has 7 nitrogen and oxygen atoms in total. The number of thiophene rings is 1. The molecule has 9 heteroatoms. The number of rotatable bonds is 9. The molecule has 0 aliphatic rings.